The van der Waals surface area contributed by atoms with E-state index in [1.54, 1.807) is 6.08 Å². The fourth-order valence-electron chi connectivity index (χ4n) is 13.3. The van der Waals surface area contributed by atoms with Gasteiger partial charge in [-0.3, -0.25) is 0 Å². The lowest BCUT2D eigenvalue weighted by Crippen LogP contribution is -2.28. The normalized spacial score (nSPS) is 15.3. The standard InChI is InChI=1S/C79H60N2O2/c1-3-53-83-69-49-39-61(40-50-69)79(59-23-11-6-12-24-59)75-32-20-18-30-71(75)73-52-46-67(55-77(73)79)81(63-27-15-8-16-28-63)65-43-35-57(36-44-65)56-33-41-64(42-34-56)80(62-25-13-7-14-26-62)66-45-51-72-70-29-17-19-31-74(70)78(76(72)54-66,58-21-9-5-10-22-58)60-37-47-68(48-38-60)82-4-2/h3,5-52,54-55H,1,4,53H2,2H3. The lowest BCUT2D eigenvalue weighted by atomic mass is 9.67. The molecule has 0 amide bonds. The Hall–Kier alpha value is -10.4. The summed E-state index contributed by atoms with van der Waals surface area (Å²) in [6.07, 6.45) is 1.78. The summed E-state index contributed by atoms with van der Waals surface area (Å²) in [6, 6.07) is 111. The number of fused-ring (bicyclic) bond motifs is 6. The summed E-state index contributed by atoms with van der Waals surface area (Å²) in [5, 5.41) is 0. The number of para-hydroxylation sites is 2. The van der Waals surface area contributed by atoms with Crippen molar-refractivity contribution in [1.82, 2.24) is 0 Å². The van der Waals surface area contributed by atoms with Gasteiger partial charge < -0.3 is 19.3 Å². The van der Waals surface area contributed by atoms with Crippen molar-refractivity contribution in [3.63, 3.8) is 0 Å². The van der Waals surface area contributed by atoms with Crippen LogP contribution in [0.3, 0.4) is 0 Å². The Kier molecular flexibility index (Phi) is 13.2. The minimum Gasteiger partial charge on any atom is -0.494 e. The summed E-state index contributed by atoms with van der Waals surface area (Å²) < 4.78 is 12.0. The highest BCUT2D eigenvalue weighted by molar-refractivity contribution is 5.92. The van der Waals surface area contributed by atoms with E-state index in [-0.39, 0.29) is 0 Å². The lowest BCUT2D eigenvalue weighted by molar-refractivity contribution is 0.340. The summed E-state index contributed by atoms with van der Waals surface area (Å²) in [7, 11) is 0. The molecule has 4 nitrogen and oxygen atoms in total. The lowest BCUT2D eigenvalue weighted by Gasteiger charge is -2.35. The smallest absolute Gasteiger partial charge is 0.119 e. The van der Waals surface area contributed by atoms with Crippen LogP contribution in [0.15, 0.2) is 316 Å². The van der Waals surface area contributed by atoms with Gasteiger partial charge in [-0.1, -0.05) is 219 Å². The Morgan fingerprint density at radius 2 is 0.639 bits per heavy atom. The van der Waals surface area contributed by atoms with Gasteiger partial charge in [-0.2, -0.15) is 0 Å². The van der Waals surface area contributed by atoms with Crippen LogP contribution >= 0.6 is 0 Å². The molecule has 0 heterocycles. The first-order valence-electron chi connectivity index (χ1n) is 28.7. The van der Waals surface area contributed by atoms with Gasteiger partial charge in [-0.25, -0.2) is 0 Å². The topological polar surface area (TPSA) is 24.9 Å². The Bertz CT molecular complexity index is 4260. The molecule has 83 heavy (non-hydrogen) atoms. The van der Waals surface area contributed by atoms with Gasteiger partial charge in [0.1, 0.15) is 18.1 Å². The van der Waals surface area contributed by atoms with Crippen LogP contribution in [0.1, 0.15) is 51.4 Å². The molecule has 0 fully saturated rings. The molecule has 4 heteroatoms. The van der Waals surface area contributed by atoms with Gasteiger partial charge in [0.25, 0.3) is 0 Å². The molecule has 2 unspecified atom stereocenters. The number of hydrogen-bond donors (Lipinski definition) is 0. The Balaban J connectivity index is 0.839. The summed E-state index contributed by atoms with van der Waals surface area (Å²) >= 11 is 0. The first-order chi connectivity index (χ1) is 41.1. The molecule has 14 rings (SSSR count). The quantitative estimate of drug-likeness (QED) is 0.0901. The maximum absolute atomic E-state index is 6.01. The highest BCUT2D eigenvalue weighted by atomic mass is 16.5. The highest BCUT2D eigenvalue weighted by Gasteiger charge is 2.48. The average Bonchev–Trinajstić information content (AvgIpc) is 4.26. The Morgan fingerprint density at radius 3 is 1.04 bits per heavy atom. The number of anilines is 6. The predicted octanol–water partition coefficient (Wildman–Crippen LogP) is 20.0. The monoisotopic (exact) mass is 1070 g/mol. The van der Waals surface area contributed by atoms with Crippen LogP contribution in [-0.4, -0.2) is 13.2 Å². The first-order valence-corrected chi connectivity index (χ1v) is 28.7. The van der Waals surface area contributed by atoms with Crippen molar-refractivity contribution in [2.24, 2.45) is 0 Å². The fraction of sp³-hybridized carbons (Fsp3) is 0.0633. The third kappa shape index (κ3) is 8.61. The molecule has 2 atom stereocenters. The minimum atomic E-state index is -0.593. The van der Waals surface area contributed by atoms with Crippen LogP contribution in [0.25, 0.3) is 33.4 Å². The zero-order valence-electron chi connectivity index (χ0n) is 46.3. The van der Waals surface area contributed by atoms with Gasteiger partial charge in [0.15, 0.2) is 0 Å². The number of hydrogen-bond acceptors (Lipinski definition) is 4. The highest BCUT2D eigenvalue weighted by Crippen LogP contribution is 2.59. The molecule has 12 aromatic carbocycles. The zero-order valence-corrected chi connectivity index (χ0v) is 46.3. The molecule has 0 spiro atoms. The van der Waals surface area contributed by atoms with E-state index in [9.17, 15) is 0 Å². The minimum absolute atomic E-state index is 0.450. The third-order valence-electron chi connectivity index (χ3n) is 16.9. The summed E-state index contributed by atoms with van der Waals surface area (Å²) in [5.74, 6) is 1.68. The van der Waals surface area contributed by atoms with Crippen LogP contribution in [0, 0.1) is 0 Å². The van der Waals surface area contributed by atoms with E-state index in [1.165, 1.54) is 66.8 Å². The maximum Gasteiger partial charge on any atom is 0.119 e. The van der Waals surface area contributed by atoms with E-state index in [0.717, 1.165) is 56.8 Å². The van der Waals surface area contributed by atoms with Gasteiger partial charge in [-0.05, 0) is 182 Å². The molecule has 0 saturated heterocycles. The molecule has 12 aromatic rings. The van der Waals surface area contributed by atoms with E-state index < -0.39 is 10.8 Å². The second kappa shape index (κ2) is 21.6. The fourth-order valence-corrected chi connectivity index (χ4v) is 13.3. The first kappa shape index (κ1) is 50.8. The van der Waals surface area contributed by atoms with Crippen molar-refractivity contribution in [1.29, 1.82) is 0 Å². The van der Waals surface area contributed by atoms with Gasteiger partial charge in [-0.15, -0.1) is 0 Å². The maximum atomic E-state index is 6.01. The van der Waals surface area contributed by atoms with Crippen LogP contribution in [0.2, 0.25) is 0 Å². The van der Waals surface area contributed by atoms with E-state index >= 15 is 0 Å². The Morgan fingerprint density at radius 1 is 0.313 bits per heavy atom. The van der Waals surface area contributed by atoms with E-state index in [1.807, 2.05) is 6.92 Å². The summed E-state index contributed by atoms with van der Waals surface area (Å²) in [5.41, 5.74) is 22.3. The van der Waals surface area contributed by atoms with Crippen molar-refractivity contribution in [3.05, 3.63) is 360 Å². The predicted molar refractivity (Wildman–Crippen MR) is 343 cm³/mol. The number of ether oxygens (including phenoxy) is 2. The number of nitrogens with zero attached hydrogens (tertiary/aromatic N) is 2. The van der Waals surface area contributed by atoms with Gasteiger partial charge >= 0.3 is 0 Å². The molecule has 0 bridgehead atoms. The SMILES string of the molecule is C=CCOc1ccc(C2(c3ccccc3)c3ccccc3-c3ccc(N(c4ccccc4)c4ccc(-c5ccc(N(c6ccccc6)c6ccc7c(c6)C(c6ccccc6)(c6ccc(OCC)cc6)c6ccccc6-7)cc5)cc4)cc32)cc1. The van der Waals surface area contributed by atoms with Gasteiger partial charge in [0, 0.05) is 34.1 Å². The molecule has 0 saturated carbocycles. The van der Waals surface area contributed by atoms with Gasteiger partial charge in [0.2, 0.25) is 0 Å². The molecule has 2 aliphatic rings. The molecule has 398 valence electrons. The summed E-state index contributed by atoms with van der Waals surface area (Å²) in [4.78, 5) is 4.77. The third-order valence-corrected chi connectivity index (χ3v) is 16.9. The largest absolute Gasteiger partial charge is 0.494 e. The molecular formula is C79H60N2O2. The van der Waals surface area contributed by atoms with Gasteiger partial charge in [0.05, 0.1) is 17.4 Å². The van der Waals surface area contributed by atoms with Crippen LogP contribution in [0.4, 0.5) is 34.1 Å². The average molecular weight is 1070 g/mol. The molecule has 0 aromatic heterocycles. The van der Waals surface area contributed by atoms with Crippen LogP contribution < -0.4 is 19.3 Å². The van der Waals surface area contributed by atoms with Crippen molar-refractivity contribution < 1.29 is 9.47 Å². The van der Waals surface area contributed by atoms with E-state index in [0.29, 0.717) is 13.2 Å². The van der Waals surface area contributed by atoms with Crippen molar-refractivity contribution in [2.45, 2.75) is 17.8 Å². The summed E-state index contributed by atoms with van der Waals surface area (Å²) in [6.45, 7) is 6.96. The number of benzene rings is 12. The number of rotatable bonds is 16. The molecule has 0 N–H and O–H groups in total. The van der Waals surface area contributed by atoms with Crippen LogP contribution in [0.5, 0.6) is 11.5 Å². The Labute approximate surface area is 487 Å². The second-order valence-electron chi connectivity index (χ2n) is 21.3. The molecule has 2 aliphatic carbocycles. The second-order valence-corrected chi connectivity index (χ2v) is 21.3. The van der Waals surface area contributed by atoms with Crippen LogP contribution in [-0.2, 0) is 10.8 Å². The van der Waals surface area contributed by atoms with E-state index in [2.05, 4.69) is 320 Å². The molecular weight excluding hydrogens is 1010 g/mol. The van der Waals surface area contributed by atoms with Crippen molar-refractivity contribution >= 4 is 34.1 Å². The van der Waals surface area contributed by atoms with E-state index in [4.69, 9.17) is 9.47 Å². The molecule has 0 aliphatic heterocycles. The molecule has 0 radical (unpaired) electrons. The zero-order chi connectivity index (χ0) is 55.7. The van der Waals surface area contributed by atoms with Crippen molar-refractivity contribution in [2.75, 3.05) is 23.0 Å². The van der Waals surface area contributed by atoms with Crippen molar-refractivity contribution in [3.8, 4) is 44.9 Å².